The van der Waals surface area contributed by atoms with Crippen LogP contribution in [0.2, 0.25) is 0 Å². The maximum atomic E-state index is 2.52. The molecule has 12 aromatic carbocycles. The third kappa shape index (κ3) is 7.14. The van der Waals surface area contributed by atoms with Gasteiger partial charge in [-0.3, -0.25) is 0 Å². The second kappa shape index (κ2) is 18.9. The molecular formula is C72H52N2Si2. The molecule has 4 heteroatoms. The fourth-order valence-corrected chi connectivity index (χ4v) is 22.6. The molecule has 0 unspecified atom stereocenters. The van der Waals surface area contributed by atoms with E-state index in [4.69, 9.17) is 0 Å². The molecule has 0 aliphatic carbocycles. The van der Waals surface area contributed by atoms with Crippen LogP contribution in [0.3, 0.4) is 0 Å². The summed E-state index contributed by atoms with van der Waals surface area (Å²) in [6.45, 7) is 0. The second-order valence-corrected chi connectivity index (χ2v) is 27.5. The molecule has 2 aromatic heterocycles. The van der Waals surface area contributed by atoms with Crippen LogP contribution in [0, 0.1) is 0 Å². The molecule has 0 radical (unpaired) electrons. The largest absolute Gasteiger partial charge is 0.309 e. The number of para-hydroxylation sites is 2. The fraction of sp³-hybridized carbons (Fsp3) is 0. The van der Waals surface area contributed by atoms with Gasteiger partial charge in [0.15, 0.2) is 16.1 Å². The normalized spacial score (nSPS) is 11.9. The second-order valence-electron chi connectivity index (χ2n) is 19.9. The third-order valence-corrected chi connectivity index (χ3v) is 25.6. The average Bonchev–Trinajstić information content (AvgIpc) is 4.20. The molecular weight excluding hydrogens is 949 g/mol. The van der Waals surface area contributed by atoms with Gasteiger partial charge in [-0.2, -0.15) is 0 Å². The molecule has 2 nitrogen and oxygen atoms in total. The lowest BCUT2D eigenvalue weighted by Gasteiger charge is -2.35. The van der Waals surface area contributed by atoms with Crippen molar-refractivity contribution in [3.8, 4) is 22.5 Å². The topological polar surface area (TPSA) is 9.86 Å². The van der Waals surface area contributed by atoms with Crippen LogP contribution in [0.4, 0.5) is 0 Å². The number of rotatable bonds is 11. The lowest BCUT2D eigenvalue weighted by atomic mass is 10.1. The van der Waals surface area contributed by atoms with E-state index in [2.05, 4.69) is 325 Å². The summed E-state index contributed by atoms with van der Waals surface area (Å²) in [7, 11) is -5.80. The van der Waals surface area contributed by atoms with Crippen LogP contribution in [-0.4, -0.2) is 25.3 Å². The Morgan fingerprint density at radius 3 is 1.16 bits per heavy atom. The predicted octanol–water partition coefficient (Wildman–Crippen LogP) is 12.3. The van der Waals surface area contributed by atoms with E-state index >= 15 is 0 Å². The van der Waals surface area contributed by atoms with Gasteiger partial charge in [0.2, 0.25) is 0 Å². The van der Waals surface area contributed by atoms with Crippen LogP contribution in [0.15, 0.2) is 315 Å². The number of benzene rings is 12. The summed E-state index contributed by atoms with van der Waals surface area (Å²) in [4.78, 5) is 0. The minimum Gasteiger partial charge on any atom is -0.309 e. The third-order valence-electron chi connectivity index (χ3n) is 16.0. The van der Waals surface area contributed by atoms with Crippen LogP contribution in [0.25, 0.3) is 66.1 Å². The van der Waals surface area contributed by atoms with Gasteiger partial charge >= 0.3 is 0 Å². The van der Waals surface area contributed by atoms with E-state index in [0.29, 0.717) is 0 Å². The molecule has 14 aromatic rings. The fourth-order valence-electron chi connectivity index (χ4n) is 12.8. The first kappa shape index (κ1) is 45.3. The number of aromatic nitrogens is 2. The smallest absolute Gasteiger partial charge is 0.180 e. The number of hydrogen-bond donors (Lipinski definition) is 0. The number of fused-ring (bicyclic) bond motifs is 6. The van der Waals surface area contributed by atoms with Crippen molar-refractivity contribution in [3.63, 3.8) is 0 Å². The van der Waals surface area contributed by atoms with Gasteiger partial charge in [0.05, 0.1) is 22.1 Å². The molecule has 0 aliphatic heterocycles. The van der Waals surface area contributed by atoms with Gasteiger partial charge in [-0.05, 0) is 101 Å². The zero-order valence-corrected chi connectivity index (χ0v) is 43.9. The highest BCUT2D eigenvalue weighted by Gasteiger charge is 2.44. The minimum atomic E-state index is -2.90. The standard InChI is InChI=1S/C72H52N2Si2/c1-7-25-53(26-8-1)54-45-48-62(49-46-54)75(57-28-9-2-10-29-57,58-30-11-3-12-31-58)63-38-23-27-55(51-63)73-67-41-21-19-39-64(67)66-52-56(47-50-69(66)73)74-68-42-22-20-40-65(68)72-70(74)43-24-44-71(72)76(59-32-13-4-14-33-59,60-34-15-5-16-35-60)61-36-17-6-18-37-61/h1-52H. The molecule has 0 amide bonds. The van der Waals surface area contributed by atoms with Crippen molar-refractivity contribution in [1.29, 1.82) is 0 Å². The number of nitrogens with zero attached hydrogens (tertiary/aromatic N) is 2. The average molecular weight is 1000 g/mol. The quantitative estimate of drug-likeness (QED) is 0.0903. The Hall–Kier alpha value is -9.33. The van der Waals surface area contributed by atoms with Gasteiger partial charge in [0, 0.05) is 32.9 Å². The van der Waals surface area contributed by atoms with E-state index in [1.807, 2.05) is 0 Å². The molecule has 0 saturated carbocycles. The highest BCUT2D eigenvalue weighted by atomic mass is 28.3. The zero-order valence-electron chi connectivity index (χ0n) is 41.9. The first-order chi connectivity index (χ1) is 37.7. The van der Waals surface area contributed by atoms with Crippen molar-refractivity contribution in [2.24, 2.45) is 0 Å². The minimum absolute atomic E-state index is 1.14. The van der Waals surface area contributed by atoms with Gasteiger partial charge in [0.25, 0.3) is 0 Å². The maximum Gasteiger partial charge on any atom is 0.180 e. The van der Waals surface area contributed by atoms with E-state index < -0.39 is 16.1 Å². The lowest BCUT2D eigenvalue weighted by Crippen LogP contribution is -2.74. The molecule has 0 aliphatic rings. The van der Waals surface area contributed by atoms with E-state index in [1.54, 1.807) is 0 Å². The highest BCUT2D eigenvalue weighted by molar-refractivity contribution is 7.21. The molecule has 0 N–H and O–H groups in total. The SMILES string of the molecule is c1ccc(-c2ccc([Si](c3ccccc3)(c3ccccc3)c3cccc(-n4c5ccccc5c5cc(-n6c7ccccc7c7c([Si](c8ccccc8)(c8ccccc8)c8ccccc8)cccc76)ccc54)c3)cc2)cc1. The highest BCUT2D eigenvalue weighted by Crippen LogP contribution is 2.37. The predicted molar refractivity (Wildman–Crippen MR) is 328 cm³/mol. The summed E-state index contributed by atoms with van der Waals surface area (Å²) in [5.41, 5.74) is 9.47. The molecule has 0 atom stereocenters. The molecule has 76 heavy (non-hydrogen) atoms. The monoisotopic (exact) mass is 1000 g/mol. The Morgan fingerprint density at radius 2 is 0.592 bits per heavy atom. The summed E-state index contributed by atoms with van der Waals surface area (Å²) in [5, 5.41) is 15.9. The van der Waals surface area contributed by atoms with Gasteiger partial charge in [-0.15, -0.1) is 0 Å². The Balaban J connectivity index is 0.982. The first-order valence-corrected chi connectivity index (χ1v) is 30.3. The van der Waals surface area contributed by atoms with Crippen LogP contribution >= 0.6 is 0 Å². The molecule has 0 bridgehead atoms. The Kier molecular flexibility index (Phi) is 11.2. The Bertz CT molecular complexity index is 4230. The van der Waals surface area contributed by atoms with Crippen molar-refractivity contribution in [1.82, 2.24) is 9.13 Å². The van der Waals surface area contributed by atoms with Crippen LogP contribution in [0.5, 0.6) is 0 Å². The Morgan fingerprint density at radius 1 is 0.211 bits per heavy atom. The molecule has 0 spiro atoms. The lowest BCUT2D eigenvalue weighted by molar-refractivity contribution is 1.17. The summed E-state index contributed by atoms with van der Waals surface area (Å²) < 4.78 is 5.01. The maximum absolute atomic E-state index is 2.90. The van der Waals surface area contributed by atoms with E-state index in [1.165, 1.54) is 96.2 Å². The molecule has 2 heterocycles. The molecule has 0 fully saturated rings. The van der Waals surface area contributed by atoms with Crippen molar-refractivity contribution >= 4 is 101 Å². The molecule has 0 saturated heterocycles. The first-order valence-electron chi connectivity index (χ1n) is 26.3. The number of hydrogen-bond acceptors (Lipinski definition) is 0. The summed E-state index contributed by atoms with van der Waals surface area (Å²) in [6, 6.07) is 118. The van der Waals surface area contributed by atoms with Crippen LogP contribution in [-0.2, 0) is 0 Å². The van der Waals surface area contributed by atoms with Crippen LogP contribution in [0.1, 0.15) is 0 Å². The summed E-state index contributed by atoms with van der Waals surface area (Å²) in [5.74, 6) is 0. The summed E-state index contributed by atoms with van der Waals surface area (Å²) >= 11 is 0. The van der Waals surface area contributed by atoms with E-state index in [-0.39, 0.29) is 0 Å². The van der Waals surface area contributed by atoms with Gasteiger partial charge in [-0.25, -0.2) is 0 Å². The van der Waals surface area contributed by atoms with Gasteiger partial charge < -0.3 is 9.13 Å². The van der Waals surface area contributed by atoms with Gasteiger partial charge in [0.1, 0.15) is 0 Å². The van der Waals surface area contributed by atoms with Crippen molar-refractivity contribution in [2.75, 3.05) is 0 Å². The summed E-state index contributed by atoms with van der Waals surface area (Å²) in [6.07, 6.45) is 0. The van der Waals surface area contributed by atoms with Crippen LogP contribution < -0.4 is 41.5 Å². The molecule has 14 rings (SSSR count). The van der Waals surface area contributed by atoms with Crippen molar-refractivity contribution in [3.05, 3.63) is 315 Å². The van der Waals surface area contributed by atoms with E-state index in [0.717, 1.165) is 11.4 Å². The van der Waals surface area contributed by atoms with Crippen molar-refractivity contribution in [2.45, 2.75) is 0 Å². The zero-order chi connectivity index (χ0) is 50.5. The molecule has 358 valence electrons. The van der Waals surface area contributed by atoms with Gasteiger partial charge in [-0.1, -0.05) is 267 Å². The van der Waals surface area contributed by atoms with E-state index in [9.17, 15) is 0 Å². The van der Waals surface area contributed by atoms with Crippen molar-refractivity contribution < 1.29 is 0 Å². The Labute approximate surface area is 445 Å².